The number of hydrogen-bond donors (Lipinski definition) is 2. The van der Waals surface area contributed by atoms with Gasteiger partial charge in [-0.3, -0.25) is 4.79 Å². The van der Waals surface area contributed by atoms with Crippen molar-refractivity contribution in [3.05, 3.63) is 34.4 Å². The van der Waals surface area contributed by atoms with E-state index in [2.05, 4.69) is 10.6 Å². The minimum absolute atomic E-state index is 0.118. The molecule has 1 aromatic rings. The van der Waals surface area contributed by atoms with Gasteiger partial charge < -0.3 is 10.6 Å². The van der Waals surface area contributed by atoms with E-state index in [1.807, 2.05) is 0 Å². The highest BCUT2D eigenvalue weighted by Gasteiger charge is 2.17. The predicted molar refractivity (Wildman–Crippen MR) is 78.8 cm³/mol. The maximum atomic E-state index is 12.1. The van der Waals surface area contributed by atoms with Gasteiger partial charge in [0, 0.05) is 24.9 Å². The number of amides is 1. The second kappa shape index (κ2) is 5.55. The normalized spacial score (nSPS) is 14.7. The Morgan fingerprint density at radius 3 is 2.50 bits per heavy atom. The first kappa shape index (κ1) is 15.0. The molecule has 1 heterocycles. The third kappa shape index (κ3) is 3.20. The number of hydrogen-bond acceptors (Lipinski definition) is 4. The van der Waals surface area contributed by atoms with E-state index in [1.165, 1.54) is 18.2 Å². The average Bonchev–Trinajstić information content (AvgIpc) is 2.28. The molecular weight excluding hydrogens is 300 g/mol. The summed E-state index contributed by atoms with van der Waals surface area (Å²) < 4.78 is 23.0. The number of anilines is 1. The van der Waals surface area contributed by atoms with Crippen molar-refractivity contribution in [2.75, 3.05) is 24.7 Å². The standard InChI is InChI=1S/C13H15ClN2O3S/c1-8(9-6-15-7-9)13(17)16-12-5-10(20(2,18)19)3-4-11(12)14/h3-5,15H,6-7H2,1-2H3,(H,16,17). The second-order valence-corrected chi connectivity index (χ2v) is 7.12. The van der Waals surface area contributed by atoms with Gasteiger partial charge in [-0.15, -0.1) is 0 Å². The highest BCUT2D eigenvalue weighted by molar-refractivity contribution is 7.90. The third-order valence-corrected chi connectivity index (χ3v) is 4.60. The Labute approximate surface area is 122 Å². The van der Waals surface area contributed by atoms with Gasteiger partial charge in [-0.25, -0.2) is 8.42 Å². The molecule has 0 aliphatic carbocycles. The first-order valence-electron chi connectivity index (χ1n) is 5.99. The summed E-state index contributed by atoms with van der Waals surface area (Å²) in [5, 5.41) is 6.01. The van der Waals surface area contributed by atoms with Crippen molar-refractivity contribution < 1.29 is 13.2 Å². The van der Waals surface area contributed by atoms with Crippen molar-refractivity contribution in [2.24, 2.45) is 0 Å². The topological polar surface area (TPSA) is 75.3 Å². The van der Waals surface area contributed by atoms with Gasteiger partial charge in [0.05, 0.1) is 15.6 Å². The van der Waals surface area contributed by atoms with Crippen LogP contribution in [-0.2, 0) is 14.6 Å². The molecule has 2 rings (SSSR count). The van der Waals surface area contributed by atoms with Crippen molar-refractivity contribution in [3.8, 4) is 0 Å². The quantitative estimate of drug-likeness (QED) is 0.831. The first-order chi connectivity index (χ1) is 9.29. The molecule has 5 nitrogen and oxygen atoms in total. The van der Waals surface area contributed by atoms with E-state index in [1.54, 1.807) is 6.92 Å². The SMILES string of the molecule is CC(C(=O)Nc1cc(S(C)(=O)=O)ccc1Cl)=C1CNC1. The second-order valence-electron chi connectivity index (χ2n) is 4.70. The minimum atomic E-state index is -3.34. The van der Waals surface area contributed by atoms with Crippen molar-refractivity contribution in [1.29, 1.82) is 0 Å². The average molecular weight is 315 g/mol. The summed E-state index contributed by atoms with van der Waals surface area (Å²) in [7, 11) is -3.34. The molecule has 0 aromatic heterocycles. The van der Waals surface area contributed by atoms with Gasteiger partial charge in [0.15, 0.2) is 9.84 Å². The molecule has 1 amide bonds. The largest absolute Gasteiger partial charge is 0.321 e. The summed E-state index contributed by atoms with van der Waals surface area (Å²) in [5.41, 5.74) is 1.97. The van der Waals surface area contributed by atoms with Crippen LogP contribution in [0.4, 0.5) is 5.69 Å². The van der Waals surface area contributed by atoms with Gasteiger partial charge in [0.1, 0.15) is 0 Å². The molecule has 20 heavy (non-hydrogen) atoms. The third-order valence-electron chi connectivity index (χ3n) is 3.16. The highest BCUT2D eigenvalue weighted by atomic mass is 35.5. The maximum absolute atomic E-state index is 12.1. The van der Waals surface area contributed by atoms with Crippen LogP contribution in [0, 0.1) is 0 Å². The van der Waals surface area contributed by atoms with Crippen molar-refractivity contribution in [2.45, 2.75) is 11.8 Å². The zero-order valence-corrected chi connectivity index (χ0v) is 12.7. The van der Waals surface area contributed by atoms with Crippen LogP contribution in [0.15, 0.2) is 34.2 Å². The first-order valence-corrected chi connectivity index (χ1v) is 8.26. The minimum Gasteiger partial charge on any atom is -0.321 e. The molecule has 1 aliphatic heterocycles. The summed E-state index contributed by atoms with van der Waals surface area (Å²) in [5.74, 6) is -0.269. The van der Waals surface area contributed by atoms with Crippen LogP contribution >= 0.6 is 11.6 Å². The number of halogens is 1. The molecule has 2 N–H and O–H groups in total. The Bertz CT molecular complexity index is 690. The number of carbonyl (C=O) groups is 1. The summed E-state index contributed by atoms with van der Waals surface area (Å²) in [6.07, 6.45) is 1.11. The zero-order valence-electron chi connectivity index (χ0n) is 11.2. The van der Waals surface area contributed by atoms with E-state index in [4.69, 9.17) is 11.6 Å². The monoisotopic (exact) mass is 314 g/mol. The number of sulfone groups is 1. The Balaban J connectivity index is 2.27. The van der Waals surface area contributed by atoms with Crippen LogP contribution in [-0.4, -0.2) is 33.7 Å². The summed E-state index contributed by atoms with van der Waals surface area (Å²) in [6, 6.07) is 4.24. The highest BCUT2D eigenvalue weighted by Crippen LogP contribution is 2.26. The molecule has 0 saturated carbocycles. The Morgan fingerprint density at radius 1 is 1.35 bits per heavy atom. The van der Waals surface area contributed by atoms with E-state index in [0.717, 1.165) is 11.8 Å². The molecule has 108 valence electrons. The lowest BCUT2D eigenvalue weighted by atomic mass is 10.0. The van der Waals surface area contributed by atoms with E-state index in [0.29, 0.717) is 29.4 Å². The molecule has 0 atom stereocenters. The molecule has 1 fully saturated rings. The maximum Gasteiger partial charge on any atom is 0.251 e. The molecule has 1 saturated heterocycles. The Kier molecular flexibility index (Phi) is 4.17. The van der Waals surface area contributed by atoms with E-state index in [-0.39, 0.29) is 10.8 Å². The molecule has 1 aliphatic rings. The van der Waals surface area contributed by atoms with Gasteiger partial charge in [-0.05, 0) is 30.7 Å². The fourth-order valence-electron chi connectivity index (χ4n) is 1.72. The Morgan fingerprint density at radius 2 is 2.00 bits per heavy atom. The van der Waals surface area contributed by atoms with Crippen LogP contribution in [0.25, 0.3) is 0 Å². The van der Waals surface area contributed by atoms with Crippen molar-refractivity contribution in [3.63, 3.8) is 0 Å². The van der Waals surface area contributed by atoms with E-state index >= 15 is 0 Å². The number of benzene rings is 1. The van der Waals surface area contributed by atoms with Crippen LogP contribution in [0.1, 0.15) is 6.92 Å². The molecular formula is C13H15ClN2O3S. The fraction of sp³-hybridized carbons (Fsp3) is 0.308. The lowest BCUT2D eigenvalue weighted by molar-refractivity contribution is -0.112. The smallest absolute Gasteiger partial charge is 0.251 e. The van der Waals surface area contributed by atoms with Gasteiger partial charge in [-0.1, -0.05) is 11.6 Å². The summed E-state index contributed by atoms with van der Waals surface area (Å²) in [4.78, 5) is 12.2. The van der Waals surface area contributed by atoms with Crippen LogP contribution in [0.2, 0.25) is 5.02 Å². The molecule has 7 heteroatoms. The van der Waals surface area contributed by atoms with Gasteiger partial charge >= 0.3 is 0 Å². The number of nitrogens with one attached hydrogen (secondary N) is 2. The van der Waals surface area contributed by atoms with Crippen LogP contribution < -0.4 is 10.6 Å². The van der Waals surface area contributed by atoms with E-state index < -0.39 is 9.84 Å². The fourth-order valence-corrected chi connectivity index (χ4v) is 2.53. The number of rotatable bonds is 3. The van der Waals surface area contributed by atoms with Crippen LogP contribution in [0.5, 0.6) is 0 Å². The lowest BCUT2D eigenvalue weighted by Crippen LogP contribution is -2.36. The molecule has 0 unspecified atom stereocenters. The van der Waals surface area contributed by atoms with Crippen molar-refractivity contribution >= 4 is 33.0 Å². The van der Waals surface area contributed by atoms with Crippen molar-refractivity contribution in [1.82, 2.24) is 5.32 Å². The van der Waals surface area contributed by atoms with Gasteiger partial charge in [0.25, 0.3) is 5.91 Å². The summed E-state index contributed by atoms with van der Waals surface area (Å²) >= 11 is 5.98. The predicted octanol–water partition coefficient (Wildman–Crippen LogP) is 1.60. The van der Waals surface area contributed by atoms with Gasteiger partial charge in [0.2, 0.25) is 0 Å². The Hall–Kier alpha value is -1.37. The zero-order chi connectivity index (χ0) is 14.9. The lowest BCUT2D eigenvalue weighted by Gasteiger charge is -2.21. The summed E-state index contributed by atoms with van der Waals surface area (Å²) in [6.45, 7) is 3.15. The van der Waals surface area contributed by atoms with Crippen LogP contribution in [0.3, 0.4) is 0 Å². The number of carbonyl (C=O) groups excluding carboxylic acids is 1. The van der Waals surface area contributed by atoms with Gasteiger partial charge in [-0.2, -0.15) is 0 Å². The molecule has 1 aromatic carbocycles. The molecule has 0 spiro atoms. The van der Waals surface area contributed by atoms with E-state index in [9.17, 15) is 13.2 Å². The molecule has 0 radical (unpaired) electrons. The molecule has 0 bridgehead atoms.